The van der Waals surface area contributed by atoms with E-state index in [4.69, 9.17) is 0 Å². The molecular formula is C34H50N4O6. The summed E-state index contributed by atoms with van der Waals surface area (Å²) in [5.74, 6) is -3.61. The number of benzene rings is 2. The van der Waals surface area contributed by atoms with Crippen molar-refractivity contribution >= 4 is 23.6 Å². The molecule has 0 saturated carbocycles. The van der Waals surface area contributed by atoms with E-state index >= 15 is 0 Å². The minimum atomic E-state index is -0.641. The van der Waals surface area contributed by atoms with E-state index in [0.29, 0.717) is 19.3 Å². The Balaban J connectivity index is 2.02. The number of unbranched alkanes of at least 4 members (excludes halogenated alkanes) is 3. The summed E-state index contributed by atoms with van der Waals surface area (Å²) < 4.78 is 0. The topological polar surface area (TPSA) is 157 Å². The zero-order valence-corrected chi connectivity index (χ0v) is 26.6. The van der Waals surface area contributed by atoms with Crippen molar-refractivity contribution in [2.75, 3.05) is 0 Å². The fourth-order valence-corrected chi connectivity index (χ4v) is 5.04. The first-order chi connectivity index (χ1) is 21.1. The minimum Gasteiger partial charge on any atom is -0.507 e. The molecular weight excluding hydrogens is 560 g/mol. The molecule has 0 aliphatic rings. The Hall–Kier alpha value is -4.08. The molecule has 0 saturated heterocycles. The third-order valence-electron chi connectivity index (χ3n) is 7.70. The van der Waals surface area contributed by atoms with Gasteiger partial charge in [0.25, 0.3) is 11.8 Å². The second-order valence-corrected chi connectivity index (χ2v) is 11.4. The number of aryl methyl sites for hydroxylation is 2. The normalized spacial score (nSPS) is 12.2. The van der Waals surface area contributed by atoms with Gasteiger partial charge in [0.2, 0.25) is 11.8 Å². The lowest BCUT2D eigenvalue weighted by molar-refractivity contribution is -0.129. The molecule has 10 nitrogen and oxygen atoms in total. The molecule has 44 heavy (non-hydrogen) atoms. The van der Waals surface area contributed by atoms with Crippen molar-refractivity contribution in [3.05, 3.63) is 58.7 Å². The Labute approximate surface area is 261 Å². The number of carbonyl (C=O) groups excluding carboxylic acids is 4. The summed E-state index contributed by atoms with van der Waals surface area (Å²) in [4.78, 5) is 51.7. The summed E-state index contributed by atoms with van der Waals surface area (Å²) >= 11 is 0. The number of aromatic hydroxyl groups is 2. The second kappa shape index (κ2) is 19.2. The van der Waals surface area contributed by atoms with Crippen molar-refractivity contribution in [1.82, 2.24) is 21.7 Å². The van der Waals surface area contributed by atoms with E-state index in [1.54, 1.807) is 24.3 Å². The van der Waals surface area contributed by atoms with E-state index in [0.717, 1.165) is 62.5 Å². The predicted octanol–water partition coefficient (Wildman–Crippen LogP) is 5.62. The molecule has 0 aromatic heterocycles. The summed E-state index contributed by atoms with van der Waals surface area (Å²) in [6, 6.07) is 9.76. The van der Waals surface area contributed by atoms with Crippen molar-refractivity contribution in [3.8, 4) is 11.5 Å². The van der Waals surface area contributed by atoms with Crippen LogP contribution in [0.2, 0.25) is 0 Å². The highest BCUT2D eigenvalue weighted by Crippen LogP contribution is 2.24. The Bertz CT molecular complexity index is 1250. The molecule has 2 unspecified atom stereocenters. The average molecular weight is 611 g/mol. The molecule has 0 fully saturated rings. The van der Waals surface area contributed by atoms with E-state index < -0.39 is 35.5 Å². The van der Waals surface area contributed by atoms with Crippen LogP contribution in [0.4, 0.5) is 0 Å². The molecule has 0 heterocycles. The maximum absolute atomic E-state index is 13.2. The van der Waals surface area contributed by atoms with E-state index in [2.05, 4.69) is 35.6 Å². The number of phenolic OH excluding ortho intramolecular Hbond substituents is 2. The molecule has 10 heteroatoms. The van der Waals surface area contributed by atoms with Gasteiger partial charge in [-0.25, -0.2) is 0 Å². The summed E-state index contributed by atoms with van der Waals surface area (Å²) in [5.41, 5.74) is 11.7. The minimum absolute atomic E-state index is 0.0511. The number of nitrogens with one attached hydrogen (secondary N) is 4. The number of hydrogen-bond donors (Lipinski definition) is 6. The number of rotatable bonds is 17. The Morgan fingerprint density at radius 2 is 1.02 bits per heavy atom. The molecule has 0 spiro atoms. The molecule has 2 aromatic carbocycles. The van der Waals surface area contributed by atoms with Crippen molar-refractivity contribution in [3.63, 3.8) is 0 Å². The van der Waals surface area contributed by atoms with Gasteiger partial charge in [-0.15, -0.1) is 0 Å². The number of hydrogen-bond acceptors (Lipinski definition) is 6. The van der Waals surface area contributed by atoms with E-state index in [1.807, 2.05) is 13.8 Å². The number of carbonyl (C=O) groups is 4. The van der Waals surface area contributed by atoms with Gasteiger partial charge in [-0.1, -0.05) is 71.9 Å². The molecule has 4 amide bonds. The van der Waals surface area contributed by atoms with Gasteiger partial charge in [-0.3, -0.25) is 40.9 Å². The van der Waals surface area contributed by atoms with Crippen LogP contribution < -0.4 is 21.7 Å². The van der Waals surface area contributed by atoms with Gasteiger partial charge in [0, 0.05) is 11.8 Å². The summed E-state index contributed by atoms with van der Waals surface area (Å²) in [6.45, 7) is 8.09. The Kier molecular flexibility index (Phi) is 15.8. The van der Waals surface area contributed by atoms with Gasteiger partial charge in [0.1, 0.15) is 11.5 Å². The summed E-state index contributed by atoms with van der Waals surface area (Å²) in [6.07, 6.45) is 9.05. The first-order valence-corrected chi connectivity index (χ1v) is 16.0. The molecule has 0 bridgehead atoms. The fourth-order valence-electron chi connectivity index (χ4n) is 5.04. The van der Waals surface area contributed by atoms with Crippen LogP contribution in [0.3, 0.4) is 0 Å². The largest absolute Gasteiger partial charge is 0.507 e. The van der Waals surface area contributed by atoms with Gasteiger partial charge >= 0.3 is 0 Å². The maximum atomic E-state index is 13.2. The first-order valence-electron chi connectivity index (χ1n) is 16.0. The zero-order valence-electron chi connectivity index (χ0n) is 26.6. The number of amides is 4. The predicted molar refractivity (Wildman–Crippen MR) is 171 cm³/mol. The van der Waals surface area contributed by atoms with Crippen LogP contribution in [0, 0.1) is 11.8 Å². The monoisotopic (exact) mass is 610 g/mol. The Morgan fingerprint density at radius 3 is 1.41 bits per heavy atom. The third kappa shape index (κ3) is 11.5. The molecule has 0 aliphatic heterocycles. The molecule has 2 rings (SSSR count). The lowest BCUT2D eigenvalue weighted by atomic mass is 9.87. The van der Waals surface area contributed by atoms with Crippen molar-refractivity contribution in [1.29, 1.82) is 0 Å². The molecule has 6 N–H and O–H groups in total. The number of phenols is 2. The highest BCUT2D eigenvalue weighted by atomic mass is 16.3. The van der Waals surface area contributed by atoms with Crippen LogP contribution in [0.25, 0.3) is 0 Å². The van der Waals surface area contributed by atoms with Gasteiger partial charge in [-0.05, 0) is 80.3 Å². The standard InChI is InChI=1S/C34H50N4O6/c1-5-9-13-23-16-18-27(29(39)20-23)33(43)37-35-31(41)25(12-8-4)22-26(15-11-7-3)32(42)36-38-34(44)28-19-17-24(14-10-6-2)21-30(28)40/h16-21,25-26,39-40H,5-15,22H2,1-4H3,(H,35,41)(H,36,42)(H,37,43)(H,38,44). The highest BCUT2D eigenvalue weighted by molar-refractivity contribution is 5.98. The van der Waals surface area contributed by atoms with E-state index in [-0.39, 0.29) is 29.0 Å². The van der Waals surface area contributed by atoms with Crippen LogP contribution >= 0.6 is 0 Å². The van der Waals surface area contributed by atoms with E-state index in [1.165, 1.54) is 12.1 Å². The molecule has 0 aliphatic carbocycles. The average Bonchev–Trinajstić information content (AvgIpc) is 3.01. The van der Waals surface area contributed by atoms with Gasteiger partial charge in [0.15, 0.2) is 0 Å². The van der Waals surface area contributed by atoms with Crippen LogP contribution in [0.15, 0.2) is 36.4 Å². The van der Waals surface area contributed by atoms with Crippen LogP contribution in [0.5, 0.6) is 11.5 Å². The van der Waals surface area contributed by atoms with Gasteiger partial charge in [0.05, 0.1) is 11.1 Å². The summed E-state index contributed by atoms with van der Waals surface area (Å²) in [7, 11) is 0. The van der Waals surface area contributed by atoms with Crippen molar-refractivity contribution in [2.24, 2.45) is 11.8 Å². The Morgan fingerprint density at radius 1 is 0.591 bits per heavy atom. The van der Waals surface area contributed by atoms with Crippen molar-refractivity contribution in [2.45, 2.75) is 105 Å². The fraction of sp³-hybridized carbons (Fsp3) is 0.529. The molecule has 2 aromatic rings. The van der Waals surface area contributed by atoms with Crippen molar-refractivity contribution < 1.29 is 29.4 Å². The van der Waals surface area contributed by atoms with Gasteiger partial charge in [-0.2, -0.15) is 0 Å². The molecule has 0 radical (unpaired) electrons. The quantitative estimate of drug-likeness (QED) is 0.128. The maximum Gasteiger partial charge on any atom is 0.273 e. The van der Waals surface area contributed by atoms with Gasteiger partial charge < -0.3 is 10.2 Å². The SMILES string of the molecule is CCCCc1ccc(C(=O)NNC(=O)C(CCC)CC(CCCC)C(=O)NNC(=O)c2ccc(CCCC)cc2O)c(O)c1. The van der Waals surface area contributed by atoms with E-state index in [9.17, 15) is 29.4 Å². The summed E-state index contributed by atoms with van der Waals surface area (Å²) in [5, 5.41) is 20.7. The third-order valence-corrected chi connectivity index (χ3v) is 7.70. The number of hydrazine groups is 2. The highest BCUT2D eigenvalue weighted by Gasteiger charge is 2.28. The zero-order chi connectivity index (χ0) is 32.5. The van der Waals surface area contributed by atoms with Crippen LogP contribution in [-0.2, 0) is 22.4 Å². The first kappa shape index (κ1) is 36.1. The van der Waals surface area contributed by atoms with Crippen LogP contribution in [-0.4, -0.2) is 33.8 Å². The molecule has 242 valence electrons. The van der Waals surface area contributed by atoms with Crippen LogP contribution in [0.1, 0.15) is 124 Å². The smallest absolute Gasteiger partial charge is 0.273 e. The lowest BCUT2D eigenvalue weighted by Gasteiger charge is -2.23. The second-order valence-electron chi connectivity index (χ2n) is 11.4. The lowest BCUT2D eigenvalue weighted by Crippen LogP contribution is -2.47. The molecule has 2 atom stereocenters.